The second-order valence-electron chi connectivity index (χ2n) is 5.17. The Bertz CT molecular complexity index is 592. The molecule has 2 aliphatic rings. The first-order valence-electron chi connectivity index (χ1n) is 6.53. The third-order valence-corrected chi connectivity index (χ3v) is 3.89. The molecule has 2 fully saturated rings. The van der Waals surface area contributed by atoms with Crippen LogP contribution in [-0.4, -0.2) is 46.6 Å². The molecule has 1 aliphatic carbocycles. The van der Waals surface area contributed by atoms with Crippen molar-refractivity contribution >= 4 is 11.8 Å². The zero-order valence-electron chi connectivity index (χ0n) is 10.9. The van der Waals surface area contributed by atoms with Crippen molar-refractivity contribution in [1.29, 1.82) is 0 Å². The average Bonchev–Trinajstić information content (AvgIpc) is 2.99. The molecule has 0 unspecified atom stereocenters. The number of carbonyl (C=O) groups is 2. The van der Waals surface area contributed by atoms with Crippen molar-refractivity contribution in [2.24, 2.45) is 5.92 Å². The van der Waals surface area contributed by atoms with E-state index in [1.165, 1.54) is 13.1 Å². The number of aromatic amines is 2. The summed E-state index contributed by atoms with van der Waals surface area (Å²) in [5.41, 5.74) is -0.247. The van der Waals surface area contributed by atoms with Crippen molar-refractivity contribution in [3.63, 3.8) is 0 Å². The Hall–Kier alpha value is -2.09. The van der Waals surface area contributed by atoms with E-state index in [1.807, 2.05) is 0 Å². The molecule has 1 saturated heterocycles. The van der Waals surface area contributed by atoms with E-state index in [-0.39, 0.29) is 41.6 Å². The van der Waals surface area contributed by atoms with E-state index in [0.29, 0.717) is 6.61 Å². The zero-order chi connectivity index (χ0) is 14.3. The monoisotopic (exact) mass is 280 g/mol. The lowest BCUT2D eigenvalue weighted by atomic mass is 9.71. The predicted octanol–water partition coefficient (Wildman–Crippen LogP) is -1.28. The van der Waals surface area contributed by atoms with Gasteiger partial charge in [0.05, 0.1) is 18.2 Å². The highest BCUT2D eigenvalue weighted by Crippen LogP contribution is 2.39. The lowest BCUT2D eigenvalue weighted by Crippen LogP contribution is -2.70. The third kappa shape index (κ3) is 2.11. The number of rotatable bonds is 3. The van der Waals surface area contributed by atoms with Crippen molar-refractivity contribution in [2.75, 3.05) is 6.61 Å². The van der Waals surface area contributed by atoms with Gasteiger partial charge in [0.15, 0.2) is 0 Å². The van der Waals surface area contributed by atoms with Crippen LogP contribution in [0.1, 0.15) is 23.8 Å². The summed E-state index contributed by atoms with van der Waals surface area (Å²) in [6.07, 6.45) is 2.15. The number of imidazole rings is 1. The largest absolute Gasteiger partial charge is 0.376 e. The van der Waals surface area contributed by atoms with Gasteiger partial charge in [0, 0.05) is 25.6 Å². The molecule has 1 aromatic rings. The smallest absolute Gasteiger partial charge is 0.323 e. The minimum atomic E-state index is -0.427. The molecule has 1 aliphatic heterocycles. The number of H-pyrrole nitrogens is 2. The summed E-state index contributed by atoms with van der Waals surface area (Å²) in [7, 11) is 0. The van der Waals surface area contributed by atoms with Gasteiger partial charge in [-0.15, -0.1) is 0 Å². The molecule has 0 radical (unpaired) electrons. The second kappa shape index (κ2) is 4.78. The Morgan fingerprint density at radius 3 is 2.80 bits per heavy atom. The van der Waals surface area contributed by atoms with Crippen LogP contribution < -0.4 is 16.3 Å². The molecule has 0 bridgehead atoms. The molecule has 108 valence electrons. The predicted molar refractivity (Wildman–Crippen MR) is 68.1 cm³/mol. The van der Waals surface area contributed by atoms with Gasteiger partial charge in [0.25, 0.3) is 5.91 Å². The number of hydrogen-bond acceptors (Lipinski definition) is 4. The first kappa shape index (κ1) is 12.9. The first-order chi connectivity index (χ1) is 9.56. The molecule has 2 amide bonds. The molecule has 4 atom stereocenters. The lowest BCUT2D eigenvalue weighted by Gasteiger charge is -2.47. The highest BCUT2D eigenvalue weighted by molar-refractivity contribution is 5.92. The second-order valence-corrected chi connectivity index (χ2v) is 5.17. The van der Waals surface area contributed by atoms with E-state index in [9.17, 15) is 14.4 Å². The topological polar surface area (TPSA) is 116 Å². The average molecular weight is 280 g/mol. The molecule has 2 heterocycles. The highest BCUT2D eigenvalue weighted by atomic mass is 16.5. The molecule has 8 heteroatoms. The summed E-state index contributed by atoms with van der Waals surface area (Å²) in [5.74, 6) is -0.311. The van der Waals surface area contributed by atoms with Crippen molar-refractivity contribution in [3.8, 4) is 0 Å². The van der Waals surface area contributed by atoms with Crippen LogP contribution >= 0.6 is 0 Å². The van der Waals surface area contributed by atoms with Crippen LogP contribution in [0.5, 0.6) is 0 Å². The molecular formula is C12H16N4O4. The van der Waals surface area contributed by atoms with E-state index in [0.717, 1.165) is 6.42 Å². The fourth-order valence-corrected chi connectivity index (χ4v) is 2.99. The van der Waals surface area contributed by atoms with Crippen molar-refractivity contribution in [2.45, 2.75) is 31.5 Å². The van der Waals surface area contributed by atoms with E-state index < -0.39 is 5.69 Å². The maximum Gasteiger partial charge on any atom is 0.323 e. The summed E-state index contributed by atoms with van der Waals surface area (Å²) in [4.78, 5) is 39.0. The fourth-order valence-electron chi connectivity index (χ4n) is 2.99. The molecule has 8 nitrogen and oxygen atoms in total. The Morgan fingerprint density at radius 1 is 1.35 bits per heavy atom. The summed E-state index contributed by atoms with van der Waals surface area (Å²) >= 11 is 0. The number of carbonyl (C=O) groups excluding carboxylic acids is 2. The van der Waals surface area contributed by atoms with Gasteiger partial charge in [0.1, 0.15) is 5.69 Å². The molecule has 1 saturated carbocycles. The summed E-state index contributed by atoms with van der Waals surface area (Å²) in [6.45, 7) is 2.07. The summed E-state index contributed by atoms with van der Waals surface area (Å²) < 4.78 is 5.56. The Balaban J connectivity index is 1.70. The van der Waals surface area contributed by atoms with Gasteiger partial charge in [0.2, 0.25) is 5.91 Å². The van der Waals surface area contributed by atoms with Crippen molar-refractivity contribution in [1.82, 2.24) is 20.6 Å². The van der Waals surface area contributed by atoms with E-state index in [4.69, 9.17) is 4.74 Å². The minimum absolute atomic E-state index is 0.0329. The summed E-state index contributed by atoms with van der Waals surface area (Å²) in [5, 5.41) is 5.65. The molecule has 3 rings (SSSR count). The standard InChI is InChI=1S/C12H16N4O4/c1-5(17)14-9-8(6-2-3-20-10(6)9)16-11(18)7-4-13-12(19)15-7/h4,6,8-10H,2-3H2,1H3,(H,14,17)(H,16,18)(H2,13,15,19)/t6-,8+,9-,10-/m1/s1. The minimum Gasteiger partial charge on any atom is -0.376 e. The van der Waals surface area contributed by atoms with E-state index >= 15 is 0 Å². The zero-order valence-corrected chi connectivity index (χ0v) is 10.9. The normalized spacial score (nSPS) is 31.2. The molecule has 1 aromatic heterocycles. The van der Waals surface area contributed by atoms with Gasteiger partial charge in [-0.1, -0.05) is 0 Å². The highest BCUT2D eigenvalue weighted by Gasteiger charge is 2.54. The summed E-state index contributed by atoms with van der Waals surface area (Å²) in [6, 6.07) is -0.382. The van der Waals surface area contributed by atoms with Crippen LogP contribution in [-0.2, 0) is 9.53 Å². The number of ether oxygens (including phenoxy) is 1. The number of amides is 2. The van der Waals surface area contributed by atoms with Crippen LogP contribution in [0, 0.1) is 5.92 Å². The van der Waals surface area contributed by atoms with Gasteiger partial charge in [-0.25, -0.2) is 4.79 Å². The number of hydrogen-bond donors (Lipinski definition) is 4. The molecule has 20 heavy (non-hydrogen) atoms. The number of aromatic nitrogens is 2. The van der Waals surface area contributed by atoms with Crippen LogP contribution in [0.2, 0.25) is 0 Å². The van der Waals surface area contributed by atoms with E-state index in [2.05, 4.69) is 20.6 Å². The van der Waals surface area contributed by atoms with Crippen LogP contribution in [0.15, 0.2) is 11.0 Å². The first-order valence-corrected chi connectivity index (χ1v) is 6.53. The lowest BCUT2D eigenvalue weighted by molar-refractivity contribution is -0.123. The van der Waals surface area contributed by atoms with Gasteiger partial charge < -0.3 is 25.3 Å². The SMILES string of the molecule is CC(=O)N[C@@H]1[C@@H](NC(=O)c2c[nH]c(=O)[nH]2)[C@H]2CCO[C@H]21. The Morgan fingerprint density at radius 2 is 2.15 bits per heavy atom. The molecule has 0 aromatic carbocycles. The number of nitrogens with one attached hydrogen (secondary N) is 4. The Labute approximate surface area is 114 Å². The van der Waals surface area contributed by atoms with Gasteiger partial charge in [-0.2, -0.15) is 0 Å². The quantitative estimate of drug-likeness (QED) is 0.552. The van der Waals surface area contributed by atoms with Crippen molar-refractivity contribution in [3.05, 3.63) is 22.4 Å². The van der Waals surface area contributed by atoms with Gasteiger partial charge >= 0.3 is 5.69 Å². The van der Waals surface area contributed by atoms with Gasteiger partial charge in [-0.3, -0.25) is 9.59 Å². The fraction of sp³-hybridized carbons (Fsp3) is 0.583. The maximum atomic E-state index is 12.0. The molecule has 0 spiro atoms. The maximum absolute atomic E-state index is 12.0. The van der Waals surface area contributed by atoms with Crippen LogP contribution in [0.25, 0.3) is 0 Å². The molecule has 4 N–H and O–H groups in total. The van der Waals surface area contributed by atoms with Crippen LogP contribution in [0.4, 0.5) is 0 Å². The number of fused-ring (bicyclic) bond motifs is 1. The molecular weight excluding hydrogens is 264 g/mol. The Kier molecular flexibility index (Phi) is 3.09. The van der Waals surface area contributed by atoms with E-state index in [1.54, 1.807) is 0 Å². The van der Waals surface area contributed by atoms with Gasteiger partial charge in [-0.05, 0) is 6.42 Å². The van der Waals surface area contributed by atoms with Crippen molar-refractivity contribution < 1.29 is 14.3 Å². The third-order valence-electron chi connectivity index (χ3n) is 3.89. The van der Waals surface area contributed by atoms with Crippen LogP contribution in [0.3, 0.4) is 0 Å².